The second-order valence-electron chi connectivity index (χ2n) is 3.85. The predicted octanol–water partition coefficient (Wildman–Crippen LogP) is 2.52. The fourth-order valence-corrected chi connectivity index (χ4v) is 2.04. The second kappa shape index (κ2) is 5.27. The smallest absolute Gasteiger partial charge is 0.303 e. The third-order valence-corrected chi connectivity index (χ3v) is 2.79. The van der Waals surface area contributed by atoms with Crippen LogP contribution in [0.15, 0.2) is 12.1 Å². The van der Waals surface area contributed by atoms with Gasteiger partial charge < -0.3 is 14.6 Å². The van der Waals surface area contributed by atoms with Crippen LogP contribution in [0, 0.1) is 0 Å². The van der Waals surface area contributed by atoms with Crippen LogP contribution in [0.25, 0.3) is 0 Å². The Balaban J connectivity index is 2.08. The lowest BCUT2D eigenvalue weighted by Crippen LogP contribution is -2.15. The van der Waals surface area contributed by atoms with E-state index in [-0.39, 0.29) is 6.42 Å². The molecule has 5 heteroatoms. The van der Waals surface area contributed by atoms with E-state index in [1.807, 2.05) is 6.07 Å². The number of benzene rings is 1. The first-order valence-electron chi connectivity index (χ1n) is 5.46. The topological polar surface area (TPSA) is 55.8 Å². The number of hydrogen-bond acceptors (Lipinski definition) is 3. The summed E-state index contributed by atoms with van der Waals surface area (Å²) in [6, 6.07) is 3.67. The van der Waals surface area contributed by atoms with Gasteiger partial charge in [0.05, 0.1) is 5.02 Å². The summed E-state index contributed by atoms with van der Waals surface area (Å²) >= 11 is 6.07. The van der Waals surface area contributed by atoms with E-state index in [0.717, 1.165) is 5.56 Å². The first kappa shape index (κ1) is 12.0. The molecule has 0 unspecified atom stereocenters. The van der Waals surface area contributed by atoms with Crippen molar-refractivity contribution in [3.63, 3.8) is 0 Å². The number of aryl methyl sites for hydroxylation is 1. The molecule has 92 valence electrons. The van der Waals surface area contributed by atoms with Crippen LogP contribution >= 0.6 is 11.6 Å². The van der Waals surface area contributed by atoms with Crippen LogP contribution in [0.1, 0.15) is 18.4 Å². The van der Waals surface area contributed by atoms with Gasteiger partial charge in [0.1, 0.15) is 13.2 Å². The monoisotopic (exact) mass is 256 g/mol. The van der Waals surface area contributed by atoms with Crippen molar-refractivity contribution in [2.75, 3.05) is 13.2 Å². The molecule has 1 aromatic rings. The summed E-state index contributed by atoms with van der Waals surface area (Å²) in [6.07, 6.45) is 1.42. The molecular weight excluding hydrogens is 244 g/mol. The second-order valence-corrected chi connectivity index (χ2v) is 4.26. The van der Waals surface area contributed by atoms with Crippen molar-refractivity contribution in [1.82, 2.24) is 0 Å². The minimum Gasteiger partial charge on any atom is -0.486 e. The average Bonchev–Trinajstić information content (AvgIpc) is 2.28. The fourth-order valence-electron chi connectivity index (χ4n) is 1.75. The fraction of sp³-hybridized carbons (Fsp3) is 0.417. The first-order valence-corrected chi connectivity index (χ1v) is 5.84. The summed E-state index contributed by atoms with van der Waals surface area (Å²) in [6.45, 7) is 1.02. The number of aliphatic carboxylic acids is 1. The van der Waals surface area contributed by atoms with Crippen LogP contribution < -0.4 is 9.47 Å². The average molecular weight is 257 g/mol. The highest BCUT2D eigenvalue weighted by Crippen LogP contribution is 2.38. The van der Waals surface area contributed by atoms with Crippen molar-refractivity contribution in [2.45, 2.75) is 19.3 Å². The van der Waals surface area contributed by atoms with Crippen LogP contribution in [0.5, 0.6) is 11.5 Å². The Hall–Kier alpha value is -1.42. The molecule has 0 bridgehead atoms. The van der Waals surface area contributed by atoms with E-state index < -0.39 is 5.97 Å². The van der Waals surface area contributed by atoms with Crippen LogP contribution in [0.3, 0.4) is 0 Å². The zero-order valence-corrected chi connectivity index (χ0v) is 10.00. The van der Waals surface area contributed by atoms with E-state index in [1.54, 1.807) is 6.07 Å². The third-order valence-electron chi connectivity index (χ3n) is 2.51. The van der Waals surface area contributed by atoms with E-state index in [0.29, 0.717) is 42.6 Å². The predicted molar refractivity (Wildman–Crippen MR) is 63.0 cm³/mol. The molecule has 0 spiro atoms. The number of halogens is 1. The molecule has 0 radical (unpaired) electrons. The van der Waals surface area contributed by atoms with Gasteiger partial charge in [-0.25, -0.2) is 0 Å². The SMILES string of the molecule is O=C(O)CCCc1cc(Cl)c2c(c1)OCCO2. The standard InChI is InChI=1S/C12H13ClO4/c13-9-6-8(2-1-3-11(14)15)7-10-12(9)17-5-4-16-10/h6-7H,1-5H2,(H,14,15). The highest BCUT2D eigenvalue weighted by atomic mass is 35.5. The summed E-state index contributed by atoms with van der Waals surface area (Å²) in [5, 5.41) is 9.09. The van der Waals surface area contributed by atoms with Gasteiger partial charge >= 0.3 is 5.97 Å². The molecule has 0 atom stereocenters. The lowest BCUT2D eigenvalue weighted by molar-refractivity contribution is -0.137. The third kappa shape index (κ3) is 3.03. The molecule has 2 rings (SSSR count). The number of carboxylic acids is 1. The molecule has 0 saturated carbocycles. The van der Waals surface area contributed by atoms with Crippen molar-refractivity contribution in [3.8, 4) is 11.5 Å². The number of rotatable bonds is 4. The number of fused-ring (bicyclic) bond motifs is 1. The van der Waals surface area contributed by atoms with Crippen LogP contribution in [-0.2, 0) is 11.2 Å². The van der Waals surface area contributed by atoms with Gasteiger partial charge in [-0.05, 0) is 30.5 Å². The summed E-state index contributed by atoms with van der Waals surface area (Å²) in [4.78, 5) is 10.4. The molecule has 1 aliphatic rings. The number of carbonyl (C=O) groups is 1. The van der Waals surface area contributed by atoms with Crippen molar-refractivity contribution in [3.05, 3.63) is 22.7 Å². The van der Waals surface area contributed by atoms with Crippen molar-refractivity contribution in [2.24, 2.45) is 0 Å². The first-order chi connectivity index (χ1) is 8.16. The van der Waals surface area contributed by atoms with E-state index in [1.165, 1.54) is 0 Å². The molecule has 0 saturated heterocycles. The Morgan fingerprint density at radius 1 is 1.35 bits per heavy atom. The minimum absolute atomic E-state index is 0.159. The molecular formula is C12H13ClO4. The molecule has 1 aromatic carbocycles. The Kier molecular flexibility index (Phi) is 3.74. The number of ether oxygens (including phenoxy) is 2. The van der Waals surface area contributed by atoms with Gasteiger partial charge in [0.15, 0.2) is 11.5 Å². The molecule has 1 aliphatic heterocycles. The molecule has 4 nitrogen and oxygen atoms in total. The van der Waals surface area contributed by atoms with Crippen molar-refractivity contribution < 1.29 is 19.4 Å². The normalized spacial score (nSPS) is 13.5. The van der Waals surface area contributed by atoms with Gasteiger partial charge in [0, 0.05) is 6.42 Å². The van der Waals surface area contributed by atoms with Crippen LogP contribution in [0.4, 0.5) is 0 Å². The Bertz CT molecular complexity index is 431. The Morgan fingerprint density at radius 3 is 2.88 bits per heavy atom. The van der Waals surface area contributed by atoms with Gasteiger partial charge in [0.2, 0.25) is 0 Å². The zero-order chi connectivity index (χ0) is 12.3. The van der Waals surface area contributed by atoms with Crippen molar-refractivity contribution >= 4 is 17.6 Å². The molecule has 0 aliphatic carbocycles. The van der Waals surface area contributed by atoms with Gasteiger partial charge in [-0.1, -0.05) is 11.6 Å². The lowest BCUT2D eigenvalue weighted by atomic mass is 10.1. The lowest BCUT2D eigenvalue weighted by Gasteiger charge is -2.20. The maximum absolute atomic E-state index is 10.4. The maximum Gasteiger partial charge on any atom is 0.303 e. The minimum atomic E-state index is -0.784. The maximum atomic E-state index is 10.4. The van der Waals surface area contributed by atoms with E-state index in [4.69, 9.17) is 26.2 Å². The van der Waals surface area contributed by atoms with E-state index >= 15 is 0 Å². The highest BCUT2D eigenvalue weighted by molar-refractivity contribution is 6.32. The van der Waals surface area contributed by atoms with Gasteiger partial charge in [-0.3, -0.25) is 4.79 Å². The zero-order valence-electron chi connectivity index (χ0n) is 9.24. The number of carboxylic acid groups (broad SMARTS) is 1. The van der Waals surface area contributed by atoms with Gasteiger partial charge in [0.25, 0.3) is 0 Å². The van der Waals surface area contributed by atoms with E-state index in [2.05, 4.69) is 0 Å². The van der Waals surface area contributed by atoms with Gasteiger partial charge in [-0.15, -0.1) is 0 Å². The van der Waals surface area contributed by atoms with Gasteiger partial charge in [-0.2, -0.15) is 0 Å². The quantitative estimate of drug-likeness (QED) is 0.899. The molecule has 1 N–H and O–H groups in total. The Morgan fingerprint density at radius 2 is 2.12 bits per heavy atom. The molecule has 1 heterocycles. The summed E-state index contributed by atoms with van der Waals surface area (Å²) < 4.78 is 10.8. The molecule has 17 heavy (non-hydrogen) atoms. The van der Waals surface area contributed by atoms with Crippen LogP contribution in [0.2, 0.25) is 5.02 Å². The summed E-state index contributed by atoms with van der Waals surface area (Å²) in [5.74, 6) is 0.447. The van der Waals surface area contributed by atoms with Crippen molar-refractivity contribution in [1.29, 1.82) is 0 Å². The molecule has 0 amide bonds. The summed E-state index contributed by atoms with van der Waals surface area (Å²) in [5.41, 5.74) is 0.973. The number of hydrogen-bond donors (Lipinski definition) is 1. The molecule has 0 aromatic heterocycles. The largest absolute Gasteiger partial charge is 0.486 e. The summed E-state index contributed by atoms with van der Waals surface area (Å²) in [7, 11) is 0. The molecule has 0 fully saturated rings. The van der Waals surface area contributed by atoms with Crippen LogP contribution in [-0.4, -0.2) is 24.3 Å². The highest BCUT2D eigenvalue weighted by Gasteiger charge is 2.16. The Labute approximate surface area is 104 Å². The van der Waals surface area contributed by atoms with E-state index in [9.17, 15) is 4.79 Å².